The van der Waals surface area contributed by atoms with Gasteiger partial charge in [0.25, 0.3) is 5.91 Å². The van der Waals surface area contributed by atoms with E-state index in [0.717, 1.165) is 36.9 Å². The predicted octanol–water partition coefficient (Wildman–Crippen LogP) is 1.81. The van der Waals surface area contributed by atoms with Gasteiger partial charge in [-0.25, -0.2) is 0 Å². The molecule has 0 unspecified atom stereocenters. The molecule has 4 N–H and O–H groups in total. The van der Waals surface area contributed by atoms with Gasteiger partial charge in [-0.2, -0.15) is 0 Å². The van der Waals surface area contributed by atoms with Crippen molar-refractivity contribution in [1.29, 1.82) is 0 Å². The lowest BCUT2D eigenvalue weighted by Gasteiger charge is -2.25. The highest BCUT2D eigenvalue weighted by atomic mass is 16.2. The molecule has 1 saturated carbocycles. The molecule has 0 saturated heterocycles. The monoisotopic (exact) mass is 289 g/mol. The molecule has 1 fully saturated rings. The number of aryl methyl sites for hydroxylation is 1. The van der Waals surface area contributed by atoms with E-state index < -0.39 is 0 Å². The molecule has 5 heteroatoms. The zero-order valence-electron chi connectivity index (χ0n) is 12.6. The van der Waals surface area contributed by atoms with Crippen molar-refractivity contribution in [3.63, 3.8) is 0 Å². The Kier molecular flexibility index (Phi) is 4.96. The van der Waals surface area contributed by atoms with Gasteiger partial charge in [-0.3, -0.25) is 9.59 Å². The summed E-state index contributed by atoms with van der Waals surface area (Å²) in [6, 6.07) is 5.53. The van der Waals surface area contributed by atoms with Crippen molar-refractivity contribution in [3.05, 3.63) is 29.3 Å². The Hall–Kier alpha value is -1.88. The van der Waals surface area contributed by atoms with Crippen LogP contribution in [-0.2, 0) is 4.79 Å². The smallest absolute Gasteiger partial charge is 0.251 e. The van der Waals surface area contributed by atoms with Gasteiger partial charge in [-0.1, -0.05) is 0 Å². The fraction of sp³-hybridized carbons (Fsp3) is 0.500. The lowest BCUT2D eigenvalue weighted by atomic mass is 9.86. The topological polar surface area (TPSA) is 84.2 Å². The number of hydrogen-bond donors (Lipinski definition) is 3. The summed E-state index contributed by atoms with van der Waals surface area (Å²) < 4.78 is 0. The maximum atomic E-state index is 12.3. The van der Waals surface area contributed by atoms with Crippen LogP contribution < -0.4 is 16.4 Å². The van der Waals surface area contributed by atoms with Gasteiger partial charge < -0.3 is 16.4 Å². The Labute approximate surface area is 125 Å². The molecule has 1 aromatic carbocycles. The Morgan fingerprint density at radius 1 is 1.19 bits per heavy atom. The van der Waals surface area contributed by atoms with E-state index in [2.05, 4.69) is 10.6 Å². The van der Waals surface area contributed by atoms with Crippen molar-refractivity contribution in [3.8, 4) is 0 Å². The average molecular weight is 289 g/mol. The van der Waals surface area contributed by atoms with Crippen molar-refractivity contribution in [1.82, 2.24) is 5.32 Å². The third-order valence-electron chi connectivity index (χ3n) is 4.12. The molecule has 114 valence electrons. The van der Waals surface area contributed by atoms with E-state index in [9.17, 15) is 9.59 Å². The summed E-state index contributed by atoms with van der Waals surface area (Å²) >= 11 is 0. The SMILES string of the molecule is CNC(=O)c1ccc(NC(=O)C2CCC(N)CC2)c(C)c1. The highest BCUT2D eigenvalue weighted by Gasteiger charge is 2.24. The van der Waals surface area contributed by atoms with Gasteiger partial charge >= 0.3 is 0 Å². The van der Waals surface area contributed by atoms with Crippen molar-refractivity contribution in [2.24, 2.45) is 11.7 Å². The van der Waals surface area contributed by atoms with Crippen LogP contribution in [0.5, 0.6) is 0 Å². The van der Waals surface area contributed by atoms with Crippen LogP contribution in [0.2, 0.25) is 0 Å². The molecule has 0 aromatic heterocycles. The van der Waals surface area contributed by atoms with Crippen LogP contribution in [0.3, 0.4) is 0 Å². The largest absolute Gasteiger partial charge is 0.355 e. The number of nitrogens with one attached hydrogen (secondary N) is 2. The second-order valence-corrected chi connectivity index (χ2v) is 5.71. The van der Waals surface area contributed by atoms with E-state index in [1.165, 1.54) is 0 Å². The molecule has 0 spiro atoms. The minimum atomic E-state index is -0.128. The van der Waals surface area contributed by atoms with Gasteiger partial charge in [-0.15, -0.1) is 0 Å². The van der Waals surface area contributed by atoms with Crippen LogP contribution in [0, 0.1) is 12.8 Å². The lowest BCUT2D eigenvalue weighted by molar-refractivity contribution is -0.120. The summed E-state index contributed by atoms with van der Waals surface area (Å²) in [7, 11) is 1.60. The summed E-state index contributed by atoms with van der Waals surface area (Å²) in [4.78, 5) is 23.8. The molecule has 0 aliphatic heterocycles. The molecule has 1 aromatic rings. The maximum Gasteiger partial charge on any atom is 0.251 e. The Morgan fingerprint density at radius 2 is 1.86 bits per heavy atom. The highest BCUT2D eigenvalue weighted by Crippen LogP contribution is 2.25. The van der Waals surface area contributed by atoms with Gasteiger partial charge in [0.1, 0.15) is 0 Å². The molecule has 0 atom stereocenters. The van der Waals surface area contributed by atoms with Crippen LogP contribution >= 0.6 is 0 Å². The van der Waals surface area contributed by atoms with Crippen molar-refractivity contribution in [2.45, 2.75) is 38.6 Å². The third kappa shape index (κ3) is 3.82. The van der Waals surface area contributed by atoms with E-state index >= 15 is 0 Å². The minimum absolute atomic E-state index is 0.0443. The summed E-state index contributed by atoms with van der Waals surface area (Å²) in [5.41, 5.74) is 8.11. The van der Waals surface area contributed by atoms with E-state index in [-0.39, 0.29) is 23.8 Å². The first-order valence-electron chi connectivity index (χ1n) is 7.40. The van der Waals surface area contributed by atoms with Crippen LogP contribution in [0.25, 0.3) is 0 Å². The van der Waals surface area contributed by atoms with Gasteiger partial charge in [0.2, 0.25) is 5.91 Å². The van der Waals surface area contributed by atoms with E-state index in [1.54, 1.807) is 25.2 Å². The Morgan fingerprint density at radius 3 is 2.43 bits per heavy atom. The molecular formula is C16H23N3O2. The van der Waals surface area contributed by atoms with Gasteiger partial charge in [-0.05, 0) is 56.4 Å². The number of amides is 2. The number of carbonyl (C=O) groups is 2. The summed E-state index contributed by atoms with van der Waals surface area (Å²) in [5.74, 6) is -0.0299. The van der Waals surface area contributed by atoms with Gasteiger partial charge in [0.05, 0.1) is 0 Å². The van der Waals surface area contributed by atoms with Crippen LogP contribution in [0.4, 0.5) is 5.69 Å². The summed E-state index contributed by atoms with van der Waals surface area (Å²) in [5, 5.41) is 5.55. The van der Waals surface area contributed by atoms with E-state index in [1.807, 2.05) is 6.92 Å². The van der Waals surface area contributed by atoms with Crippen molar-refractivity contribution < 1.29 is 9.59 Å². The number of anilines is 1. The maximum absolute atomic E-state index is 12.3. The molecule has 2 amide bonds. The van der Waals surface area contributed by atoms with E-state index in [0.29, 0.717) is 5.56 Å². The standard InChI is InChI=1S/C16H23N3O2/c1-10-9-12(15(20)18-2)5-8-14(10)19-16(21)11-3-6-13(17)7-4-11/h5,8-9,11,13H,3-4,6-7,17H2,1-2H3,(H,18,20)(H,19,21). The first kappa shape index (κ1) is 15.5. The van der Waals surface area contributed by atoms with Crippen LogP contribution in [-0.4, -0.2) is 24.9 Å². The molecule has 0 bridgehead atoms. The van der Waals surface area contributed by atoms with Crippen molar-refractivity contribution in [2.75, 3.05) is 12.4 Å². The van der Waals surface area contributed by atoms with Crippen LogP contribution in [0.1, 0.15) is 41.6 Å². The molecule has 5 nitrogen and oxygen atoms in total. The quantitative estimate of drug-likeness (QED) is 0.793. The Balaban J connectivity index is 2.02. The minimum Gasteiger partial charge on any atom is -0.355 e. The number of hydrogen-bond acceptors (Lipinski definition) is 3. The molecule has 0 radical (unpaired) electrons. The first-order chi connectivity index (χ1) is 10.0. The highest BCUT2D eigenvalue weighted by molar-refractivity contribution is 5.97. The number of rotatable bonds is 3. The normalized spacial score (nSPS) is 21.7. The van der Waals surface area contributed by atoms with Crippen molar-refractivity contribution >= 4 is 17.5 Å². The first-order valence-corrected chi connectivity index (χ1v) is 7.40. The molecule has 1 aliphatic carbocycles. The lowest BCUT2D eigenvalue weighted by Crippen LogP contribution is -2.32. The zero-order valence-corrected chi connectivity index (χ0v) is 12.6. The second-order valence-electron chi connectivity index (χ2n) is 5.71. The van der Waals surface area contributed by atoms with Gasteiger partial charge in [0.15, 0.2) is 0 Å². The second kappa shape index (κ2) is 6.72. The molecule has 21 heavy (non-hydrogen) atoms. The molecular weight excluding hydrogens is 266 g/mol. The number of carbonyl (C=O) groups excluding carboxylic acids is 2. The predicted molar refractivity (Wildman–Crippen MR) is 83.1 cm³/mol. The zero-order chi connectivity index (χ0) is 15.4. The molecule has 0 heterocycles. The van der Waals surface area contributed by atoms with E-state index in [4.69, 9.17) is 5.73 Å². The number of benzene rings is 1. The third-order valence-corrected chi connectivity index (χ3v) is 4.12. The number of nitrogens with two attached hydrogens (primary N) is 1. The molecule has 2 rings (SSSR count). The summed E-state index contributed by atoms with van der Waals surface area (Å²) in [6.07, 6.45) is 3.52. The van der Waals surface area contributed by atoms with Gasteiger partial charge in [0, 0.05) is 30.3 Å². The average Bonchev–Trinajstić information content (AvgIpc) is 2.49. The molecule has 1 aliphatic rings. The fourth-order valence-corrected chi connectivity index (χ4v) is 2.71. The Bertz CT molecular complexity index is 534. The summed E-state index contributed by atoms with van der Waals surface area (Å²) in [6.45, 7) is 1.89. The van der Waals surface area contributed by atoms with Crippen LogP contribution in [0.15, 0.2) is 18.2 Å². The fourth-order valence-electron chi connectivity index (χ4n) is 2.71.